The van der Waals surface area contributed by atoms with Crippen LogP contribution in [0, 0.1) is 0 Å². The third-order valence-electron chi connectivity index (χ3n) is 6.83. The van der Waals surface area contributed by atoms with E-state index in [1.807, 2.05) is 0 Å². The Morgan fingerprint density at radius 1 is 0.977 bits per heavy atom. The number of methoxy groups -OCH3 is 2. The van der Waals surface area contributed by atoms with E-state index in [-0.39, 0.29) is 17.7 Å². The number of furan rings is 1. The first kappa shape index (κ1) is 29.6. The lowest BCUT2D eigenvalue weighted by Gasteiger charge is -2.26. The zero-order chi connectivity index (χ0) is 30.7. The van der Waals surface area contributed by atoms with Gasteiger partial charge in [-0.2, -0.15) is 0 Å². The van der Waals surface area contributed by atoms with Crippen molar-refractivity contribution >= 4 is 29.4 Å². The molecule has 0 spiro atoms. The minimum atomic E-state index is -0.868. The van der Waals surface area contributed by atoms with E-state index in [9.17, 15) is 14.4 Å². The molecule has 0 saturated carbocycles. The van der Waals surface area contributed by atoms with Crippen LogP contribution in [0.2, 0.25) is 0 Å². The molecule has 0 amide bonds. The lowest BCUT2D eigenvalue weighted by atomic mass is 9.95. The van der Waals surface area contributed by atoms with Gasteiger partial charge in [-0.25, -0.2) is 14.6 Å². The number of rotatable bonds is 9. The smallest absolute Gasteiger partial charge is 0.338 e. The molecule has 0 bridgehead atoms. The average molecular weight is 603 g/mol. The van der Waals surface area contributed by atoms with Crippen LogP contribution in [0.25, 0.3) is 17.4 Å². The maximum Gasteiger partial charge on any atom is 0.338 e. The number of aromatic nitrogens is 1. The van der Waals surface area contributed by atoms with Crippen molar-refractivity contribution in [1.82, 2.24) is 4.57 Å². The Morgan fingerprint density at radius 2 is 1.70 bits per heavy atom. The van der Waals surface area contributed by atoms with Gasteiger partial charge in [-0.1, -0.05) is 23.5 Å². The van der Waals surface area contributed by atoms with E-state index in [4.69, 9.17) is 23.4 Å². The number of fused-ring (bicyclic) bond motifs is 1. The third kappa shape index (κ3) is 5.76. The predicted octanol–water partition coefficient (Wildman–Crippen LogP) is 4.25. The van der Waals surface area contributed by atoms with Crippen LogP contribution in [0.3, 0.4) is 0 Å². The van der Waals surface area contributed by atoms with E-state index in [0.717, 1.165) is 5.56 Å². The summed E-state index contributed by atoms with van der Waals surface area (Å²) in [6.45, 7) is 5.65. The van der Waals surface area contributed by atoms with Crippen LogP contribution in [0.5, 0.6) is 11.5 Å². The van der Waals surface area contributed by atoms with Crippen LogP contribution in [0.4, 0.5) is 0 Å². The van der Waals surface area contributed by atoms with Gasteiger partial charge in [0.1, 0.15) is 29.1 Å². The third-order valence-corrected chi connectivity index (χ3v) is 7.81. The van der Waals surface area contributed by atoms with Crippen LogP contribution >= 0.6 is 11.3 Å². The molecule has 222 valence electrons. The monoisotopic (exact) mass is 602 g/mol. The Kier molecular flexibility index (Phi) is 8.63. The van der Waals surface area contributed by atoms with E-state index < -0.39 is 18.0 Å². The van der Waals surface area contributed by atoms with Gasteiger partial charge in [0.15, 0.2) is 4.80 Å². The summed E-state index contributed by atoms with van der Waals surface area (Å²) in [5.41, 5.74) is 2.07. The van der Waals surface area contributed by atoms with Gasteiger partial charge in [0.05, 0.1) is 48.8 Å². The van der Waals surface area contributed by atoms with Crippen molar-refractivity contribution in [1.29, 1.82) is 0 Å². The van der Waals surface area contributed by atoms with Crippen molar-refractivity contribution in [2.75, 3.05) is 27.4 Å². The molecule has 0 saturated heterocycles. The highest BCUT2D eigenvalue weighted by molar-refractivity contribution is 7.07. The molecule has 4 aromatic rings. The normalized spacial score (nSPS) is 14.6. The molecule has 11 heteroatoms. The van der Waals surface area contributed by atoms with E-state index in [1.165, 1.54) is 30.1 Å². The number of hydrogen-bond donors (Lipinski definition) is 0. The summed E-state index contributed by atoms with van der Waals surface area (Å²) in [7, 11) is 3.06. The molecule has 43 heavy (non-hydrogen) atoms. The van der Waals surface area contributed by atoms with Gasteiger partial charge in [-0.15, -0.1) is 0 Å². The second-order valence-electron chi connectivity index (χ2n) is 9.41. The minimum absolute atomic E-state index is 0.161. The van der Waals surface area contributed by atoms with Gasteiger partial charge in [-0.3, -0.25) is 9.36 Å². The Labute approximate surface area is 251 Å². The maximum atomic E-state index is 14.0. The molecule has 1 aliphatic rings. The largest absolute Gasteiger partial charge is 0.497 e. The first-order valence-electron chi connectivity index (χ1n) is 13.6. The molecule has 2 aromatic carbocycles. The lowest BCUT2D eigenvalue weighted by molar-refractivity contribution is -0.139. The van der Waals surface area contributed by atoms with Crippen LogP contribution in [-0.4, -0.2) is 43.9 Å². The topological polar surface area (TPSA) is 119 Å². The SMILES string of the molecule is CCOC(=O)C1=C(C)N=c2s/c(=C\c3ccc(-c4ccc(C(=O)OCC)cc4)o3)c(=O)n2[C@H]1c1cc(OC)ccc1OC. The number of carbonyl (C=O) groups excluding carboxylic acids is 2. The van der Waals surface area contributed by atoms with Gasteiger partial charge in [0, 0.05) is 17.2 Å². The fraction of sp³-hybridized carbons (Fsp3) is 0.250. The van der Waals surface area contributed by atoms with Crippen molar-refractivity contribution in [2.45, 2.75) is 26.8 Å². The standard InChI is InChI=1S/C32H30N2O8S/c1-6-40-30(36)20-10-8-19(9-11-20)24-14-13-22(42-24)17-26-29(35)34-28(23-16-21(38-4)12-15-25(23)39-5)27(31(37)41-7-2)18(3)33-32(34)43-26/h8-17,28H,6-7H2,1-5H3/b26-17-/t28-/m0/s1. The van der Waals surface area contributed by atoms with Gasteiger partial charge < -0.3 is 23.4 Å². The van der Waals surface area contributed by atoms with E-state index in [0.29, 0.717) is 55.8 Å². The molecule has 3 heterocycles. The number of nitrogens with zero attached hydrogens (tertiary/aromatic N) is 2. The van der Waals surface area contributed by atoms with Crippen molar-refractivity contribution in [3.63, 3.8) is 0 Å². The highest BCUT2D eigenvalue weighted by atomic mass is 32.1. The first-order valence-corrected chi connectivity index (χ1v) is 14.4. The summed E-state index contributed by atoms with van der Waals surface area (Å²) < 4.78 is 29.4. The van der Waals surface area contributed by atoms with Crippen molar-refractivity contribution in [3.05, 3.63) is 102 Å². The quantitative estimate of drug-likeness (QED) is 0.261. The summed E-state index contributed by atoms with van der Waals surface area (Å²) >= 11 is 1.18. The molecule has 0 unspecified atom stereocenters. The second kappa shape index (κ2) is 12.5. The van der Waals surface area contributed by atoms with Gasteiger partial charge in [0.2, 0.25) is 0 Å². The van der Waals surface area contributed by atoms with Crippen LogP contribution in [0.1, 0.15) is 48.5 Å². The van der Waals surface area contributed by atoms with E-state index >= 15 is 0 Å². The number of carbonyl (C=O) groups is 2. The van der Waals surface area contributed by atoms with Crippen LogP contribution in [0.15, 0.2) is 80.1 Å². The fourth-order valence-electron chi connectivity index (χ4n) is 4.84. The number of benzene rings is 2. The number of hydrogen-bond acceptors (Lipinski definition) is 10. The Bertz CT molecular complexity index is 1900. The Balaban J connectivity index is 1.60. The van der Waals surface area contributed by atoms with Crippen LogP contribution in [-0.2, 0) is 14.3 Å². The molecule has 1 atom stereocenters. The molecule has 1 aliphatic heterocycles. The molecule has 10 nitrogen and oxygen atoms in total. The Morgan fingerprint density at radius 3 is 2.37 bits per heavy atom. The highest BCUT2D eigenvalue weighted by Crippen LogP contribution is 2.37. The first-order chi connectivity index (χ1) is 20.8. The van der Waals surface area contributed by atoms with E-state index in [1.54, 1.807) is 81.4 Å². The fourth-order valence-corrected chi connectivity index (χ4v) is 5.87. The van der Waals surface area contributed by atoms with Gasteiger partial charge >= 0.3 is 11.9 Å². The van der Waals surface area contributed by atoms with Crippen molar-refractivity contribution < 1.29 is 33.0 Å². The molecular formula is C32H30N2O8S. The number of allylic oxidation sites excluding steroid dienone is 1. The minimum Gasteiger partial charge on any atom is -0.497 e. The van der Waals surface area contributed by atoms with Gasteiger partial charge in [0.25, 0.3) is 5.56 Å². The summed E-state index contributed by atoms with van der Waals surface area (Å²) in [6, 6.07) is 14.8. The Hall–Kier alpha value is -4.90. The van der Waals surface area contributed by atoms with E-state index in [2.05, 4.69) is 4.99 Å². The number of esters is 2. The van der Waals surface area contributed by atoms with Gasteiger partial charge in [-0.05, 0) is 63.2 Å². The van der Waals surface area contributed by atoms with Crippen molar-refractivity contribution in [2.24, 2.45) is 4.99 Å². The number of thiazole rings is 1. The molecule has 2 aromatic heterocycles. The summed E-state index contributed by atoms with van der Waals surface area (Å²) in [5, 5.41) is 0. The lowest BCUT2D eigenvalue weighted by Crippen LogP contribution is -2.40. The molecule has 0 aliphatic carbocycles. The number of ether oxygens (including phenoxy) is 4. The van der Waals surface area contributed by atoms with Crippen LogP contribution < -0.4 is 24.4 Å². The summed E-state index contributed by atoms with van der Waals surface area (Å²) in [6.07, 6.45) is 1.64. The molecule has 0 N–H and O–H groups in total. The predicted molar refractivity (Wildman–Crippen MR) is 160 cm³/mol. The molecule has 5 rings (SSSR count). The zero-order valence-corrected chi connectivity index (χ0v) is 25.2. The second-order valence-corrected chi connectivity index (χ2v) is 10.4. The summed E-state index contributed by atoms with van der Waals surface area (Å²) in [5.74, 6) is 1.06. The summed E-state index contributed by atoms with van der Waals surface area (Å²) in [4.78, 5) is 44.2. The highest BCUT2D eigenvalue weighted by Gasteiger charge is 2.35. The maximum absolute atomic E-state index is 14.0. The molecule has 0 fully saturated rings. The molecular weight excluding hydrogens is 572 g/mol. The molecule has 0 radical (unpaired) electrons. The van der Waals surface area contributed by atoms with Crippen molar-refractivity contribution in [3.8, 4) is 22.8 Å². The zero-order valence-electron chi connectivity index (χ0n) is 24.3. The average Bonchev–Trinajstić information content (AvgIpc) is 3.60.